The summed E-state index contributed by atoms with van der Waals surface area (Å²) >= 11 is 0. The van der Waals surface area contributed by atoms with Gasteiger partial charge in [-0.15, -0.1) is 0 Å². The maximum Gasteiger partial charge on any atom is 0.0991 e. The monoisotopic (exact) mass is 189 g/mol. The molecular weight excluding hydrogens is 170 g/mol. The summed E-state index contributed by atoms with van der Waals surface area (Å²) in [6.45, 7) is 8.13. The first-order valence-electron chi connectivity index (χ1n) is 5.20. The normalized spacial score (nSPS) is 11.6. The molecule has 0 atom stereocenters. The molecule has 0 bridgehead atoms. The van der Waals surface area contributed by atoms with Crippen LogP contribution in [0.1, 0.15) is 39.5 Å². The van der Waals surface area contributed by atoms with E-state index in [-0.39, 0.29) is 0 Å². The van der Waals surface area contributed by atoms with E-state index in [1.54, 1.807) is 0 Å². The summed E-state index contributed by atoms with van der Waals surface area (Å²) in [5.74, 6) is 0. The van der Waals surface area contributed by atoms with Gasteiger partial charge in [0.05, 0.1) is 11.6 Å². The van der Waals surface area contributed by atoms with E-state index in [0.29, 0.717) is 5.57 Å². The minimum Gasteiger partial charge on any atom is -0.192 e. The molecule has 0 amide bonds. The SMILES string of the molecule is C=C(/C=C(C#N)\C=C/CCC)CCC. The average Bonchev–Trinajstić information content (AvgIpc) is 2.17. The molecule has 0 aromatic carbocycles. The maximum atomic E-state index is 8.83. The van der Waals surface area contributed by atoms with Crippen molar-refractivity contribution < 1.29 is 0 Å². The van der Waals surface area contributed by atoms with Crippen molar-refractivity contribution in [2.75, 3.05) is 0 Å². The first-order valence-corrected chi connectivity index (χ1v) is 5.20. The Balaban J connectivity index is 4.26. The quantitative estimate of drug-likeness (QED) is 0.455. The van der Waals surface area contributed by atoms with E-state index in [1.807, 2.05) is 18.2 Å². The van der Waals surface area contributed by atoms with Gasteiger partial charge in [-0.2, -0.15) is 5.26 Å². The largest absolute Gasteiger partial charge is 0.192 e. The van der Waals surface area contributed by atoms with E-state index in [1.165, 1.54) is 0 Å². The lowest BCUT2D eigenvalue weighted by molar-refractivity contribution is 0.928. The number of nitriles is 1. The van der Waals surface area contributed by atoms with Crippen LogP contribution in [0.3, 0.4) is 0 Å². The summed E-state index contributed by atoms with van der Waals surface area (Å²) in [6.07, 6.45) is 9.97. The maximum absolute atomic E-state index is 8.83. The first-order chi connectivity index (χ1) is 6.74. The Labute approximate surface area is 87.4 Å². The number of allylic oxidation sites excluding steroid dienone is 5. The molecule has 1 heteroatoms. The second-order valence-electron chi connectivity index (χ2n) is 3.31. The van der Waals surface area contributed by atoms with Crippen LogP contribution < -0.4 is 0 Å². The Morgan fingerprint density at radius 2 is 2.07 bits per heavy atom. The zero-order valence-electron chi connectivity index (χ0n) is 9.21. The highest BCUT2D eigenvalue weighted by Crippen LogP contribution is 2.08. The molecule has 0 unspecified atom stereocenters. The molecule has 0 aliphatic heterocycles. The molecular formula is C13H19N. The number of hydrogen-bond donors (Lipinski definition) is 0. The number of unbranched alkanes of at least 4 members (excludes halogenated alkanes) is 1. The lowest BCUT2D eigenvalue weighted by atomic mass is 10.1. The van der Waals surface area contributed by atoms with E-state index >= 15 is 0 Å². The summed E-state index contributed by atoms with van der Waals surface area (Å²) in [7, 11) is 0. The topological polar surface area (TPSA) is 23.8 Å². The van der Waals surface area contributed by atoms with Gasteiger partial charge in [0.25, 0.3) is 0 Å². The van der Waals surface area contributed by atoms with E-state index in [9.17, 15) is 0 Å². The third kappa shape index (κ3) is 6.25. The van der Waals surface area contributed by atoms with Crippen LogP contribution in [0.5, 0.6) is 0 Å². The van der Waals surface area contributed by atoms with Crippen molar-refractivity contribution in [3.05, 3.63) is 36.0 Å². The molecule has 0 saturated carbocycles. The summed E-state index contributed by atoms with van der Waals surface area (Å²) in [6, 6.07) is 2.16. The van der Waals surface area contributed by atoms with Crippen molar-refractivity contribution in [2.45, 2.75) is 39.5 Å². The number of hydrogen-bond acceptors (Lipinski definition) is 1. The number of rotatable bonds is 6. The number of nitrogens with zero attached hydrogens (tertiary/aromatic N) is 1. The Morgan fingerprint density at radius 1 is 1.36 bits per heavy atom. The molecule has 0 N–H and O–H groups in total. The smallest absolute Gasteiger partial charge is 0.0991 e. The van der Waals surface area contributed by atoms with E-state index in [2.05, 4.69) is 26.5 Å². The standard InChI is InChI=1S/C13H19N/c1-4-6-7-9-13(11-14)10-12(3)8-5-2/h7,9-10H,3-6,8H2,1-2H3/b9-7-,13-10+. The lowest BCUT2D eigenvalue weighted by Crippen LogP contribution is -1.78. The molecule has 0 radical (unpaired) electrons. The fraction of sp³-hybridized carbons (Fsp3) is 0.462. The van der Waals surface area contributed by atoms with Gasteiger partial charge in [-0.05, 0) is 25.0 Å². The van der Waals surface area contributed by atoms with Crippen LogP contribution in [0.2, 0.25) is 0 Å². The second kappa shape index (κ2) is 8.31. The molecule has 0 aliphatic carbocycles. The van der Waals surface area contributed by atoms with Crippen LogP contribution in [-0.4, -0.2) is 0 Å². The van der Waals surface area contributed by atoms with Crippen molar-refractivity contribution in [1.82, 2.24) is 0 Å². The molecule has 0 aromatic rings. The van der Waals surface area contributed by atoms with Gasteiger partial charge < -0.3 is 0 Å². The minimum atomic E-state index is 0.705. The zero-order valence-corrected chi connectivity index (χ0v) is 9.21. The molecule has 0 heterocycles. The van der Waals surface area contributed by atoms with E-state index in [0.717, 1.165) is 31.3 Å². The highest BCUT2D eigenvalue weighted by atomic mass is 14.2. The van der Waals surface area contributed by atoms with Gasteiger partial charge in [0.2, 0.25) is 0 Å². The van der Waals surface area contributed by atoms with Gasteiger partial charge in [-0.3, -0.25) is 0 Å². The van der Waals surface area contributed by atoms with Gasteiger partial charge in [0, 0.05) is 0 Å². The fourth-order valence-corrected chi connectivity index (χ4v) is 1.11. The second-order valence-corrected chi connectivity index (χ2v) is 3.31. The van der Waals surface area contributed by atoms with Gasteiger partial charge in [0.15, 0.2) is 0 Å². The van der Waals surface area contributed by atoms with Crippen LogP contribution in [0.4, 0.5) is 0 Å². The van der Waals surface area contributed by atoms with Crippen LogP contribution in [-0.2, 0) is 0 Å². The Morgan fingerprint density at radius 3 is 2.57 bits per heavy atom. The minimum absolute atomic E-state index is 0.705. The third-order valence-corrected chi connectivity index (χ3v) is 1.81. The molecule has 14 heavy (non-hydrogen) atoms. The Bertz CT molecular complexity index is 263. The summed E-state index contributed by atoms with van der Waals surface area (Å²) in [5.41, 5.74) is 1.74. The molecule has 0 spiro atoms. The van der Waals surface area contributed by atoms with Gasteiger partial charge in [-0.25, -0.2) is 0 Å². The van der Waals surface area contributed by atoms with Crippen molar-refractivity contribution in [3.8, 4) is 6.07 Å². The van der Waals surface area contributed by atoms with Crippen molar-refractivity contribution in [2.24, 2.45) is 0 Å². The van der Waals surface area contributed by atoms with E-state index < -0.39 is 0 Å². The van der Waals surface area contributed by atoms with Crippen molar-refractivity contribution >= 4 is 0 Å². The summed E-state index contributed by atoms with van der Waals surface area (Å²) in [5, 5.41) is 8.83. The fourth-order valence-electron chi connectivity index (χ4n) is 1.11. The van der Waals surface area contributed by atoms with Crippen molar-refractivity contribution in [1.29, 1.82) is 5.26 Å². The van der Waals surface area contributed by atoms with Crippen LogP contribution in [0, 0.1) is 11.3 Å². The molecule has 76 valence electrons. The predicted molar refractivity (Wildman–Crippen MR) is 61.8 cm³/mol. The van der Waals surface area contributed by atoms with Gasteiger partial charge in [0.1, 0.15) is 0 Å². The van der Waals surface area contributed by atoms with Gasteiger partial charge >= 0.3 is 0 Å². The Hall–Kier alpha value is -1.29. The van der Waals surface area contributed by atoms with Gasteiger partial charge in [-0.1, -0.05) is 44.9 Å². The molecule has 0 fully saturated rings. The first kappa shape index (κ1) is 12.7. The highest BCUT2D eigenvalue weighted by molar-refractivity contribution is 5.38. The Kier molecular flexibility index (Phi) is 7.55. The third-order valence-electron chi connectivity index (χ3n) is 1.81. The zero-order chi connectivity index (χ0) is 10.8. The van der Waals surface area contributed by atoms with Crippen molar-refractivity contribution in [3.63, 3.8) is 0 Å². The predicted octanol–water partition coefficient (Wildman–Crippen LogP) is 4.15. The molecule has 1 nitrogen and oxygen atoms in total. The lowest BCUT2D eigenvalue weighted by Gasteiger charge is -1.95. The molecule has 0 saturated heterocycles. The van der Waals surface area contributed by atoms with Crippen LogP contribution in [0.25, 0.3) is 0 Å². The molecule has 0 aromatic heterocycles. The average molecular weight is 189 g/mol. The van der Waals surface area contributed by atoms with E-state index in [4.69, 9.17) is 5.26 Å². The highest BCUT2D eigenvalue weighted by Gasteiger charge is 1.91. The molecule has 0 rings (SSSR count). The summed E-state index contributed by atoms with van der Waals surface area (Å²) in [4.78, 5) is 0. The van der Waals surface area contributed by atoms with Crippen LogP contribution in [0.15, 0.2) is 36.0 Å². The summed E-state index contributed by atoms with van der Waals surface area (Å²) < 4.78 is 0. The van der Waals surface area contributed by atoms with Crippen LogP contribution >= 0.6 is 0 Å². The molecule has 0 aliphatic rings.